The summed E-state index contributed by atoms with van der Waals surface area (Å²) in [5.74, 6) is -0.787. The maximum Gasteiger partial charge on any atom is 0.267 e. The average molecular weight is 273 g/mol. The van der Waals surface area contributed by atoms with Gasteiger partial charge in [0, 0.05) is 18.0 Å². The minimum Gasteiger partial charge on any atom is -0.381 e. The van der Waals surface area contributed by atoms with Crippen LogP contribution in [0.1, 0.15) is 41.5 Å². The molecule has 19 heavy (non-hydrogen) atoms. The van der Waals surface area contributed by atoms with Crippen LogP contribution in [0.5, 0.6) is 0 Å². The van der Waals surface area contributed by atoms with Crippen molar-refractivity contribution in [1.29, 1.82) is 0 Å². The van der Waals surface area contributed by atoms with E-state index < -0.39 is 12.0 Å². The minimum atomic E-state index is -1.24. The largest absolute Gasteiger partial charge is 0.381 e. The fraction of sp³-hybridized carbons (Fsp3) is 0.846. The Kier molecular flexibility index (Phi) is 7.63. The van der Waals surface area contributed by atoms with E-state index in [1.807, 2.05) is 27.7 Å². The molecule has 0 aliphatic carbocycles. The van der Waals surface area contributed by atoms with Crippen LogP contribution in [0.25, 0.3) is 0 Å². The Morgan fingerprint density at radius 2 is 1.63 bits per heavy atom. The number of nitrogens with one attached hydrogen (secondary N) is 2. The van der Waals surface area contributed by atoms with E-state index in [4.69, 9.17) is 0 Å². The molecule has 0 radical (unpaired) electrons. The molecular weight excluding hydrogens is 246 g/mol. The van der Waals surface area contributed by atoms with E-state index in [-0.39, 0.29) is 30.5 Å². The molecule has 6 heteroatoms. The Bertz CT molecular complexity index is 304. The van der Waals surface area contributed by atoms with E-state index in [9.17, 15) is 14.7 Å². The molecule has 0 spiro atoms. The molecule has 1 unspecified atom stereocenters. The van der Waals surface area contributed by atoms with Gasteiger partial charge in [-0.05, 0) is 27.7 Å². The van der Waals surface area contributed by atoms with Crippen molar-refractivity contribution in [2.75, 3.05) is 6.54 Å². The number of carbonyl (C=O) groups excluding carboxylic acids is 2. The summed E-state index contributed by atoms with van der Waals surface area (Å²) in [6.07, 6.45) is -1.24. The van der Waals surface area contributed by atoms with Crippen LogP contribution in [0.4, 0.5) is 0 Å². The Hall–Kier alpha value is -1.14. The van der Waals surface area contributed by atoms with E-state index in [0.29, 0.717) is 0 Å². The molecule has 1 atom stereocenters. The number of carbonyl (C=O) groups is 2. The first-order valence-corrected chi connectivity index (χ1v) is 6.71. The molecule has 0 fully saturated rings. The van der Waals surface area contributed by atoms with Gasteiger partial charge in [0.25, 0.3) is 5.91 Å². The zero-order chi connectivity index (χ0) is 15.2. The van der Waals surface area contributed by atoms with Gasteiger partial charge in [0.15, 0.2) is 6.10 Å². The van der Waals surface area contributed by atoms with Crippen molar-refractivity contribution in [1.82, 2.24) is 15.8 Å². The second-order valence-corrected chi connectivity index (χ2v) is 5.50. The first-order valence-electron chi connectivity index (χ1n) is 6.71. The van der Waals surface area contributed by atoms with Gasteiger partial charge in [-0.15, -0.1) is 0 Å². The molecule has 6 nitrogen and oxygen atoms in total. The average Bonchev–Trinajstić information content (AvgIpc) is 2.30. The summed E-state index contributed by atoms with van der Waals surface area (Å²) in [6, 6.07) is 0.00848. The molecular formula is C13H27N3O3. The second kappa shape index (κ2) is 8.12. The number of hydrazine groups is 1. The fourth-order valence-electron chi connectivity index (χ4n) is 1.39. The molecule has 112 valence electrons. The number of aliphatic hydroxyl groups is 1. The van der Waals surface area contributed by atoms with Gasteiger partial charge in [-0.25, -0.2) is 5.43 Å². The highest BCUT2D eigenvalue weighted by Crippen LogP contribution is 2.01. The van der Waals surface area contributed by atoms with Gasteiger partial charge in [-0.3, -0.25) is 14.6 Å². The molecule has 0 heterocycles. The third kappa shape index (κ3) is 6.54. The van der Waals surface area contributed by atoms with Gasteiger partial charge in [-0.2, -0.15) is 0 Å². The Morgan fingerprint density at radius 3 is 2.00 bits per heavy atom. The molecule has 0 saturated carbocycles. The lowest BCUT2D eigenvalue weighted by molar-refractivity contribution is -0.146. The maximum atomic E-state index is 12.1. The highest BCUT2D eigenvalue weighted by molar-refractivity contribution is 5.82. The van der Waals surface area contributed by atoms with Crippen LogP contribution < -0.4 is 10.7 Å². The molecule has 0 aromatic rings. The number of aliphatic hydroxyl groups excluding tert-OH is 1. The lowest BCUT2D eigenvalue weighted by Crippen LogP contribution is -2.55. The molecule has 0 aliphatic heterocycles. The number of amides is 2. The standard InChI is InChI=1S/C13H27N3O3/c1-8(2)12(18)14-7-11(17)13(19)16(10(5)6)15-9(3)4/h8-11,15,17H,7H2,1-6H3,(H,14,18). The maximum absolute atomic E-state index is 12.1. The van der Waals surface area contributed by atoms with Crippen LogP contribution in [0.3, 0.4) is 0 Å². The second-order valence-electron chi connectivity index (χ2n) is 5.50. The van der Waals surface area contributed by atoms with Crippen molar-refractivity contribution in [2.24, 2.45) is 5.92 Å². The van der Waals surface area contributed by atoms with Crippen molar-refractivity contribution in [2.45, 2.75) is 59.7 Å². The van der Waals surface area contributed by atoms with E-state index >= 15 is 0 Å². The van der Waals surface area contributed by atoms with Crippen LogP contribution in [0.2, 0.25) is 0 Å². The summed E-state index contributed by atoms with van der Waals surface area (Å²) >= 11 is 0. The smallest absolute Gasteiger partial charge is 0.267 e. The first kappa shape index (κ1) is 17.9. The summed E-state index contributed by atoms with van der Waals surface area (Å²) in [5.41, 5.74) is 2.98. The van der Waals surface area contributed by atoms with Crippen molar-refractivity contribution < 1.29 is 14.7 Å². The fourth-order valence-corrected chi connectivity index (χ4v) is 1.39. The lowest BCUT2D eigenvalue weighted by atomic mass is 10.2. The summed E-state index contributed by atoms with van der Waals surface area (Å²) in [6.45, 7) is 11.0. The van der Waals surface area contributed by atoms with Crippen LogP contribution in [-0.2, 0) is 9.59 Å². The summed E-state index contributed by atoms with van der Waals surface area (Å²) < 4.78 is 0. The molecule has 0 bridgehead atoms. The SMILES string of the molecule is CC(C)NN(C(=O)C(O)CNC(=O)C(C)C)C(C)C. The van der Waals surface area contributed by atoms with Gasteiger partial charge in [0.05, 0.1) is 6.54 Å². The summed E-state index contributed by atoms with van der Waals surface area (Å²) in [4.78, 5) is 23.5. The third-order valence-electron chi connectivity index (χ3n) is 2.43. The lowest BCUT2D eigenvalue weighted by Gasteiger charge is -2.31. The Labute approximate surface area is 115 Å². The molecule has 3 N–H and O–H groups in total. The van der Waals surface area contributed by atoms with Gasteiger partial charge in [0.1, 0.15) is 0 Å². The van der Waals surface area contributed by atoms with Crippen LogP contribution in [0.15, 0.2) is 0 Å². The number of hydrogen-bond acceptors (Lipinski definition) is 4. The third-order valence-corrected chi connectivity index (χ3v) is 2.43. The molecule has 0 saturated heterocycles. The Balaban J connectivity index is 4.46. The highest BCUT2D eigenvalue weighted by Gasteiger charge is 2.25. The van der Waals surface area contributed by atoms with Gasteiger partial charge < -0.3 is 10.4 Å². The zero-order valence-corrected chi connectivity index (χ0v) is 12.7. The number of rotatable bonds is 7. The predicted molar refractivity (Wildman–Crippen MR) is 74.1 cm³/mol. The van der Waals surface area contributed by atoms with Crippen molar-refractivity contribution in [3.8, 4) is 0 Å². The van der Waals surface area contributed by atoms with Gasteiger partial charge in [-0.1, -0.05) is 13.8 Å². The van der Waals surface area contributed by atoms with E-state index in [1.165, 1.54) is 5.01 Å². The van der Waals surface area contributed by atoms with Crippen molar-refractivity contribution in [3.05, 3.63) is 0 Å². The van der Waals surface area contributed by atoms with E-state index in [0.717, 1.165) is 0 Å². The Morgan fingerprint density at radius 1 is 1.11 bits per heavy atom. The van der Waals surface area contributed by atoms with Crippen LogP contribution >= 0.6 is 0 Å². The number of nitrogens with zero attached hydrogens (tertiary/aromatic N) is 1. The molecule has 0 aromatic carbocycles. The molecule has 0 aliphatic rings. The number of hydrogen-bond donors (Lipinski definition) is 3. The van der Waals surface area contributed by atoms with Gasteiger partial charge >= 0.3 is 0 Å². The van der Waals surface area contributed by atoms with Crippen LogP contribution in [-0.4, -0.2) is 46.7 Å². The summed E-state index contributed by atoms with van der Waals surface area (Å²) in [5, 5.41) is 13.8. The first-order chi connectivity index (χ1) is 8.66. The zero-order valence-electron chi connectivity index (χ0n) is 12.7. The van der Waals surface area contributed by atoms with Crippen molar-refractivity contribution >= 4 is 11.8 Å². The van der Waals surface area contributed by atoms with Crippen LogP contribution in [0, 0.1) is 5.92 Å². The molecule has 0 rings (SSSR count). The predicted octanol–water partition coefficient (Wildman–Crippen LogP) is 0.269. The normalized spacial score (nSPS) is 12.9. The molecule has 0 aromatic heterocycles. The minimum absolute atomic E-state index is 0.0706. The topological polar surface area (TPSA) is 81.7 Å². The quantitative estimate of drug-likeness (QED) is 0.582. The van der Waals surface area contributed by atoms with Gasteiger partial charge in [0.2, 0.25) is 5.91 Å². The summed E-state index contributed by atoms with van der Waals surface area (Å²) in [7, 11) is 0. The van der Waals surface area contributed by atoms with E-state index in [2.05, 4.69) is 10.7 Å². The highest BCUT2D eigenvalue weighted by atomic mass is 16.3. The van der Waals surface area contributed by atoms with E-state index in [1.54, 1.807) is 13.8 Å². The van der Waals surface area contributed by atoms with Crippen molar-refractivity contribution in [3.63, 3.8) is 0 Å². The molecule has 2 amide bonds. The monoisotopic (exact) mass is 273 g/mol.